The van der Waals surface area contributed by atoms with Gasteiger partial charge in [0.15, 0.2) is 24.0 Å². The summed E-state index contributed by atoms with van der Waals surface area (Å²) in [7, 11) is 0. The predicted molar refractivity (Wildman–Crippen MR) is 102 cm³/mol. The summed E-state index contributed by atoms with van der Waals surface area (Å²) < 4.78 is 35.4. The first-order valence-electron chi connectivity index (χ1n) is 9.78. The molecule has 154 valence electrons. The highest BCUT2D eigenvalue weighted by Gasteiger charge is 2.62. The highest BCUT2D eigenvalue weighted by atomic mass is 16.9. The molecule has 3 heterocycles. The van der Waals surface area contributed by atoms with Crippen LogP contribution in [-0.4, -0.2) is 48.2 Å². The highest BCUT2D eigenvalue weighted by Crippen LogP contribution is 2.44. The van der Waals surface area contributed by atoms with Gasteiger partial charge in [-0.15, -0.1) is 0 Å². The van der Waals surface area contributed by atoms with Crippen LogP contribution in [0.15, 0.2) is 42.5 Å². The first-order chi connectivity index (χ1) is 13.7. The molecule has 2 aromatic carbocycles. The normalized spacial score (nSPS) is 34.6. The highest BCUT2D eigenvalue weighted by molar-refractivity contribution is 5.85. The molecular formula is C22H24O7. The minimum Gasteiger partial charge on any atom is -0.425 e. The number of esters is 1. The lowest BCUT2D eigenvalue weighted by molar-refractivity contribution is -0.236. The van der Waals surface area contributed by atoms with Gasteiger partial charge in [0.2, 0.25) is 0 Å². The number of benzene rings is 2. The van der Waals surface area contributed by atoms with Gasteiger partial charge in [-0.25, -0.2) is 4.79 Å². The molecule has 2 aromatic rings. The number of carbonyl (C=O) groups is 1. The quantitative estimate of drug-likeness (QED) is 0.566. The SMILES string of the molecule is CC1(C)O[C@H]2[C@@H](O1)[C@@H](C(=O)Oc1ccc3ccccc3c1)O[C@@H]1OC(C)(C)O[C@@H]12. The Bertz CT molecular complexity index is 953. The summed E-state index contributed by atoms with van der Waals surface area (Å²) >= 11 is 0. The monoisotopic (exact) mass is 400 g/mol. The van der Waals surface area contributed by atoms with E-state index in [4.69, 9.17) is 28.4 Å². The van der Waals surface area contributed by atoms with E-state index < -0.39 is 48.2 Å². The van der Waals surface area contributed by atoms with Crippen LogP contribution < -0.4 is 4.74 Å². The molecule has 0 N–H and O–H groups in total. The van der Waals surface area contributed by atoms with Crippen molar-refractivity contribution in [2.24, 2.45) is 0 Å². The molecule has 0 spiro atoms. The largest absolute Gasteiger partial charge is 0.425 e. The smallest absolute Gasteiger partial charge is 0.343 e. The molecule has 0 radical (unpaired) electrons. The number of fused-ring (bicyclic) bond motifs is 4. The van der Waals surface area contributed by atoms with Crippen molar-refractivity contribution in [3.63, 3.8) is 0 Å². The topological polar surface area (TPSA) is 72.5 Å². The van der Waals surface area contributed by atoms with Crippen LogP contribution >= 0.6 is 0 Å². The van der Waals surface area contributed by atoms with Gasteiger partial charge in [0.25, 0.3) is 0 Å². The molecule has 29 heavy (non-hydrogen) atoms. The lowest BCUT2D eigenvalue weighted by Gasteiger charge is -2.35. The van der Waals surface area contributed by atoms with Crippen LogP contribution in [0.2, 0.25) is 0 Å². The predicted octanol–water partition coefficient (Wildman–Crippen LogP) is 3.14. The van der Waals surface area contributed by atoms with E-state index in [1.165, 1.54) is 0 Å². The summed E-state index contributed by atoms with van der Waals surface area (Å²) in [5.41, 5.74) is 0. The Balaban J connectivity index is 1.40. The zero-order valence-corrected chi connectivity index (χ0v) is 16.8. The standard InChI is InChI=1S/C22H24O7/c1-21(2)26-15-16(27-21)18-20(29-22(3,4)28-18)25-17(15)19(23)24-14-10-9-12-7-5-6-8-13(12)11-14/h5-11,15-18,20H,1-4H3/t15-,16+,17+,18-,20-/m1/s1. The molecular weight excluding hydrogens is 376 g/mol. The molecule has 3 saturated heterocycles. The van der Waals surface area contributed by atoms with Crippen LogP contribution in [0.1, 0.15) is 27.7 Å². The van der Waals surface area contributed by atoms with Gasteiger partial charge in [-0.2, -0.15) is 0 Å². The summed E-state index contributed by atoms with van der Waals surface area (Å²) in [6.45, 7) is 7.19. The van der Waals surface area contributed by atoms with Gasteiger partial charge in [0.05, 0.1) is 0 Å². The summed E-state index contributed by atoms with van der Waals surface area (Å²) in [4.78, 5) is 13.0. The molecule has 7 nitrogen and oxygen atoms in total. The van der Waals surface area contributed by atoms with Crippen LogP contribution in [0, 0.1) is 0 Å². The number of rotatable bonds is 2. The van der Waals surface area contributed by atoms with Gasteiger partial charge >= 0.3 is 5.97 Å². The average molecular weight is 400 g/mol. The van der Waals surface area contributed by atoms with Crippen molar-refractivity contribution in [1.29, 1.82) is 0 Å². The zero-order valence-electron chi connectivity index (χ0n) is 16.8. The number of hydrogen-bond donors (Lipinski definition) is 0. The minimum atomic E-state index is -0.994. The second-order valence-electron chi connectivity index (χ2n) is 8.52. The molecule has 5 atom stereocenters. The van der Waals surface area contributed by atoms with E-state index in [1.807, 2.05) is 36.4 Å². The fourth-order valence-electron chi connectivity index (χ4n) is 4.21. The fraction of sp³-hybridized carbons (Fsp3) is 0.500. The van der Waals surface area contributed by atoms with Crippen LogP contribution in [0.5, 0.6) is 5.75 Å². The van der Waals surface area contributed by atoms with Crippen molar-refractivity contribution in [2.75, 3.05) is 0 Å². The summed E-state index contributed by atoms with van der Waals surface area (Å²) in [6, 6.07) is 13.4. The minimum absolute atomic E-state index is 0.443. The lowest BCUT2D eigenvalue weighted by Crippen LogP contribution is -2.58. The Kier molecular flexibility index (Phi) is 4.24. The molecule has 3 aliphatic rings. The number of carbonyl (C=O) groups excluding carboxylic acids is 1. The Morgan fingerprint density at radius 1 is 0.828 bits per heavy atom. The maximum Gasteiger partial charge on any atom is 0.343 e. The second-order valence-corrected chi connectivity index (χ2v) is 8.52. The van der Waals surface area contributed by atoms with Crippen LogP contribution in [-0.2, 0) is 28.5 Å². The molecule has 0 aromatic heterocycles. The van der Waals surface area contributed by atoms with Crippen LogP contribution in [0.25, 0.3) is 10.8 Å². The first kappa shape index (κ1) is 19.0. The molecule has 0 unspecified atom stereocenters. The lowest BCUT2D eigenvalue weighted by atomic mass is 9.99. The molecule has 0 bridgehead atoms. The van der Waals surface area contributed by atoms with Crippen molar-refractivity contribution in [1.82, 2.24) is 0 Å². The molecule has 0 aliphatic carbocycles. The third kappa shape index (κ3) is 3.43. The maximum atomic E-state index is 13.0. The van der Waals surface area contributed by atoms with E-state index in [1.54, 1.807) is 33.8 Å². The molecule has 5 rings (SSSR count). The van der Waals surface area contributed by atoms with E-state index in [0.717, 1.165) is 10.8 Å². The van der Waals surface area contributed by atoms with Crippen molar-refractivity contribution in [3.8, 4) is 5.75 Å². The van der Waals surface area contributed by atoms with Gasteiger partial charge in [0, 0.05) is 0 Å². The van der Waals surface area contributed by atoms with Crippen molar-refractivity contribution < 1.29 is 33.2 Å². The summed E-state index contributed by atoms with van der Waals surface area (Å²) in [5.74, 6) is -1.82. The summed E-state index contributed by atoms with van der Waals surface area (Å²) in [6.07, 6.45) is -3.37. The van der Waals surface area contributed by atoms with Gasteiger partial charge in [-0.1, -0.05) is 30.3 Å². The Morgan fingerprint density at radius 2 is 1.48 bits per heavy atom. The average Bonchev–Trinajstić information content (AvgIpc) is 3.14. The second kappa shape index (κ2) is 6.48. The molecule has 0 saturated carbocycles. The van der Waals surface area contributed by atoms with Crippen molar-refractivity contribution in [3.05, 3.63) is 42.5 Å². The van der Waals surface area contributed by atoms with E-state index in [9.17, 15) is 4.79 Å². The molecule has 3 aliphatic heterocycles. The van der Waals surface area contributed by atoms with E-state index >= 15 is 0 Å². The van der Waals surface area contributed by atoms with Crippen LogP contribution in [0.4, 0.5) is 0 Å². The molecule has 7 heteroatoms. The van der Waals surface area contributed by atoms with E-state index in [-0.39, 0.29) is 0 Å². The van der Waals surface area contributed by atoms with Gasteiger partial charge in [0.1, 0.15) is 24.1 Å². The molecule has 0 amide bonds. The van der Waals surface area contributed by atoms with Crippen molar-refractivity contribution >= 4 is 16.7 Å². The Hall–Kier alpha value is -2.03. The molecule has 3 fully saturated rings. The number of ether oxygens (including phenoxy) is 6. The third-order valence-corrected chi connectivity index (χ3v) is 5.33. The maximum absolute atomic E-state index is 13.0. The zero-order chi connectivity index (χ0) is 20.4. The first-order valence-corrected chi connectivity index (χ1v) is 9.78. The van der Waals surface area contributed by atoms with Gasteiger partial charge in [-0.05, 0) is 50.6 Å². The Morgan fingerprint density at radius 3 is 2.28 bits per heavy atom. The van der Waals surface area contributed by atoms with Gasteiger partial charge < -0.3 is 28.4 Å². The third-order valence-electron chi connectivity index (χ3n) is 5.33. The van der Waals surface area contributed by atoms with Crippen molar-refractivity contribution in [2.45, 2.75) is 70.0 Å². The fourth-order valence-corrected chi connectivity index (χ4v) is 4.21. The van der Waals surface area contributed by atoms with E-state index in [0.29, 0.717) is 5.75 Å². The van der Waals surface area contributed by atoms with Gasteiger partial charge in [-0.3, -0.25) is 0 Å². The van der Waals surface area contributed by atoms with E-state index in [2.05, 4.69) is 0 Å². The number of hydrogen-bond acceptors (Lipinski definition) is 7. The Labute approximate surface area is 168 Å². The van der Waals surface area contributed by atoms with Crippen LogP contribution in [0.3, 0.4) is 0 Å². The summed E-state index contributed by atoms with van der Waals surface area (Å²) in [5, 5.41) is 2.05.